The number of aryl methyl sites for hydroxylation is 2. The molecule has 0 unspecified atom stereocenters. The Morgan fingerprint density at radius 3 is 2.29 bits per heavy atom. The summed E-state index contributed by atoms with van der Waals surface area (Å²) in [6.07, 6.45) is 0. The number of imide groups is 1. The summed E-state index contributed by atoms with van der Waals surface area (Å²) >= 11 is 7.69. The van der Waals surface area contributed by atoms with Gasteiger partial charge in [-0.05, 0) is 60.7 Å². The summed E-state index contributed by atoms with van der Waals surface area (Å²) in [5.74, 6) is -0.798. The van der Waals surface area contributed by atoms with Crippen molar-refractivity contribution in [1.29, 1.82) is 0 Å². The summed E-state index contributed by atoms with van der Waals surface area (Å²) in [5.41, 5.74) is 3.91. The van der Waals surface area contributed by atoms with Crippen LogP contribution in [-0.2, 0) is 9.59 Å². The van der Waals surface area contributed by atoms with Crippen LogP contribution in [0.25, 0.3) is 5.57 Å². The summed E-state index contributed by atoms with van der Waals surface area (Å²) in [5, 5.41) is 5.42. The topological polar surface area (TPSA) is 49.4 Å². The number of nitrogens with zero attached hydrogens (tertiary/aromatic N) is 1. The van der Waals surface area contributed by atoms with Crippen LogP contribution in [0.5, 0.6) is 0 Å². The third-order valence-corrected chi connectivity index (χ3v) is 5.64. The third-order valence-electron chi connectivity index (χ3n) is 4.44. The van der Waals surface area contributed by atoms with Crippen LogP contribution in [0.2, 0.25) is 5.02 Å². The molecule has 0 radical (unpaired) electrons. The molecule has 6 heteroatoms. The molecule has 0 spiro atoms. The van der Waals surface area contributed by atoms with Crippen molar-refractivity contribution >= 4 is 51.7 Å². The Balaban J connectivity index is 1.83. The maximum atomic E-state index is 13.3. The van der Waals surface area contributed by atoms with E-state index in [1.807, 2.05) is 43.5 Å². The minimum absolute atomic E-state index is 0.261. The van der Waals surface area contributed by atoms with Crippen LogP contribution >= 0.6 is 22.9 Å². The Kier molecular flexibility index (Phi) is 4.79. The van der Waals surface area contributed by atoms with Gasteiger partial charge in [0.15, 0.2) is 0 Å². The minimum Gasteiger partial charge on any atom is -0.350 e. The van der Waals surface area contributed by atoms with Gasteiger partial charge in [0.2, 0.25) is 0 Å². The molecule has 1 aliphatic heterocycles. The summed E-state index contributed by atoms with van der Waals surface area (Å²) in [4.78, 5) is 28.4. The molecule has 4 rings (SSSR count). The zero-order valence-corrected chi connectivity index (χ0v) is 16.9. The van der Waals surface area contributed by atoms with E-state index in [-0.39, 0.29) is 11.6 Å². The van der Waals surface area contributed by atoms with Crippen molar-refractivity contribution < 1.29 is 9.59 Å². The van der Waals surface area contributed by atoms with E-state index in [2.05, 4.69) is 11.4 Å². The first-order chi connectivity index (χ1) is 13.5. The Bertz CT molecular complexity index is 1100. The maximum Gasteiger partial charge on any atom is 0.282 e. The van der Waals surface area contributed by atoms with Crippen molar-refractivity contribution in [2.45, 2.75) is 13.8 Å². The number of amides is 2. The lowest BCUT2D eigenvalue weighted by molar-refractivity contribution is -0.120. The second kappa shape index (κ2) is 7.26. The van der Waals surface area contributed by atoms with Crippen LogP contribution in [-0.4, -0.2) is 11.8 Å². The molecule has 0 saturated heterocycles. The number of anilines is 2. The van der Waals surface area contributed by atoms with Gasteiger partial charge in [0, 0.05) is 10.6 Å². The lowest BCUT2D eigenvalue weighted by Gasteiger charge is -2.16. The quantitative estimate of drug-likeness (QED) is 0.587. The van der Waals surface area contributed by atoms with Crippen molar-refractivity contribution in [1.82, 2.24) is 0 Å². The minimum atomic E-state index is -0.416. The van der Waals surface area contributed by atoms with Crippen LogP contribution in [0.3, 0.4) is 0 Å². The van der Waals surface area contributed by atoms with E-state index >= 15 is 0 Å². The molecule has 0 bridgehead atoms. The molecule has 0 atom stereocenters. The van der Waals surface area contributed by atoms with Crippen molar-refractivity contribution in [2.75, 3.05) is 10.2 Å². The number of rotatable bonds is 4. The Hall–Kier alpha value is -2.89. The molecule has 1 aliphatic rings. The van der Waals surface area contributed by atoms with Gasteiger partial charge >= 0.3 is 0 Å². The van der Waals surface area contributed by atoms with Crippen LogP contribution in [0.15, 0.2) is 65.7 Å². The maximum absolute atomic E-state index is 13.3. The van der Waals surface area contributed by atoms with Crippen LogP contribution in [0.4, 0.5) is 11.4 Å². The van der Waals surface area contributed by atoms with Crippen molar-refractivity contribution in [3.05, 3.63) is 86.7 Å². The first kappa shape index (κ1) is 18.5. The summed E-state index contributed by atoms with van der Waals surface area (Å²) in [7, 11) is 0. The Morgan fingerprint density at radius 1 is 0.929 bits per heavy atom. The second-order valence-corrected chi connectivity index (χ2v) is 7.98. The molecule has 2 aromatic carbocycles. The number of carbonyl (C=O) groups excluding carboxylic acids is 2. The lowest BCUT2D eigenvalue weighted by atomic mass is 10.1. The first-order valence-corrected chi connectivity index (χ1v) is 9.98. The number of thiophene rings is 1. The number of hydrogen-bond acceptors (Lipinski definition) is 4. The van der Waals surface area contributed by atoms with Gasteiger partial charge in [0.25, 0.3) is 11.8 Å². The van der Waals surface area contributed by atoms with E-state index in [1.54, 1.807) is 24.3 Å². The number of benzene rings is 2. The molecule has 1 N–H and O–H groups in total. The Morgan fingerprint density at radius 2 is 1.64 bits per heavy atom. The van der Waals surface area contributed by atoms with E-state index in [4.69, 9.17) is 11.6 Å². The van der Waals surface area contributed by atoms with Crippen molar-refractivity contribution in [2.24, 2.45) is 0 Å². The molecule has 0 saturated carbocycles. The molecule has 0 aliphatic carbocycles. The van der Waals surface area contributed by atoms with Gasteiger partial charge < -0.3 is 5.32 Å². The van der Waals surface area contributed by atoms with E-state index in [1.165, 1.54) is 11.3 Å². The molecule has 0 fully saturated rings. The summed E-state index contributed by atoms with van der Waals surface area (Å²) < 4.78 is 0. The van der Waals surface area contributed by atoms with Crippen LogP contribution in [0, 0.1) is 13.8 Å². The predicted octanol–water partition coefficient (Wildman–Crippen LogP) is 5.41. The molecule has 28 heavy (non-hydrogen) atoms. The number of hydrogen-bond donors (Lipinski definition) is 1. The summed E-state index contributed by atoms with van der Waals surface area (Å²) in [6, 6.07) is 16.5. The standard InChI is InChI=1S/C22H17ClN2O2S/c1-13-10-14(2)12-15(11-13)24-20-19(18-8-5-9-28-18)21(26)25(22(20)27)17-7-4-3-6-16(17)23/h3-12,24H,1-2H3. The highest BCUT2D eigenvalue weighted by atomic mass is 35.5. The van der Waals surface area contributed by atoms with Gasteiger partial charge in [0.05, 0.1) is 16.3 Å². The van der Waals surface area contributed by atoms with E-state index in [0.717, 1.165) is 26.6 Å². The predicted molar refractivity (Wildman–Crippen MR) is 115 cm³/mol. The molecule has 3 aromatic rings. The summed E-state index contributed by atoms with van der Waals surface area (Å²) in [6.45, 7) is 3.98. The van der Waals surface area contributed by atoms with Gasteiger partial charge in [-0.25, -0.2) is 4.90 Å². The van der Waals surface area contributed by atoms with Gasteiger partial charge in [-0.2, -0.15) is 0 Å². The van der Waals surface area contributed by atoms with Gasteiger partial charge in [-0.1, -0.05) is 35.9 Å². The lowest BCUT2D eigenvalue weighted by Crippen LogP contribution is -2.32. The third kappa shape index (κ3) is 3.23. The number of halogens is 1. The number of para-hydroxylation sites is 1. The molecule has 4 nitrogen and oxygen atoms in total. The fraction of sp³-hybridized carbons (Fsp3) is 0.0909. The average Bonchev–Trinajstić information content (AvgIpc) is 3.23. The average molecular weight is 409 g/mol. The molecule has 2 heterocycles. The zero-order valence-electron chi connectivity index (χ0n) is 15.3. The number of carbonyl (C=O) groups is 2. The fourth-order valence-electron chi connectivity index (χ4n) is 3.34. The highest BCUT2D eigenvalue weighted by molar-refractivity contribution is 7.11. The van der Waals surface area contributed by atoms with Gasteiger partial charge in [-0.15, -0.1) is 11.3 Å². The smallest absolute Gasteiger partial charge is 0.282 e. The van der Waals surface area contributed by atoms with E-state index in [0.29, 0.717) is 16.3 Å². The van der Waals surface area contributed by atoms with Gasteiger partial charge in [0.1, 0.15) is 5.70 Å². The highest BCUT2D eigenvalue weighted by Gasteiger charge is 2.41. The molecule has 140 valence electrons. The van der Waals surface area contributed by atoms with E-state index < -0.39 is 5.91 Å². The fourth-order valence-corrected chi connectivity index (χ4v) is 4.33. The first-order valence-electron chi connectivity index (χ1n) is 8.72. The van der Waals surface area contributed by atoms with Crippen molar-refractivity contribution in [3.8, 4) is 0 Å². The van der Waals surface area contributed by atoms with E-state index in [9.17, 15) is 9.59 Å². The van der Waals surface area contributed by atoms with Crippen LogP contribution < -0.4 is 10.2 Å². The zero-order chi connectivity index (χ0) is 19.8. The van der Waals surface area contributed by atoms with Gasteiger partial charge in [-0.3, -0.25) is 9.59 Å². The SMILES string of the molecule is Cc1cc(C)cc(NC2=C(c3cccs3)C(=O)N(c3ccccc3Cl)C2=O)c1. The second-order valence-electron chi connectivity index (χ2n) is 6.63. The Labute approximate surface area is 172 Å². The van der Waals surface area contributed by atoms with Crippen molar-refractivity contribution in [3.63, 3.8) is 0 Å². The normalized spacial score (nSPS) is 14.2. The molecular weight excluding hydrogens is 392 g/mol. The number of nitrogens with one attached hydrogen (secondary N) is 1. The molecule has 1 aromatic heterocycles. The molecule has 2 amide bonds. The molecular formula is C22H17ClN2O2S. The highest BCUT2D eigenvalue weighted by Crippen LogP contribution is 2.37. The van der Waals surface area contributed by atoms with Crippen LogP contribution in [0.1, 0.15) is 16.0 Å². The monoisotopic (exact) mass is 408 g/mol. The largest absolute Gasteiger partial charge is 0.350 e.